The Labute approximate surface area is 464 Å². The van der Waals surface area contributed by atoms with Crippen LogP contribution in [0.1, 0.15) is 201 Å². The van der Waals surface area contributed by atoms with Gasteiger partial charge in [-0.15, -0.1) is 0 Å². The molecule has 0 aromatic heterocycles. The first kappa shape index (κ1) is 53.8. The van der Waals surface area contributed by atoms with Crippen molar-refractivity contribution in [1.29, 1.82) is 0 Å². The summed E-state index contributed by atoms with van der Waals surface area (Å²) < 4.78 is 0.507. The second-order valence-electron chi connectivity index (χ2n) is 26.8. The number of hydrogen-bond donors (Lipinski definition) is 2. The van der Waals surface area contributed by atoms with Crippen molar-refractivity contribution in [3.05, 3.63) is 117 Å². The van der Waals surface area contributed by atoms with Crippen LogP contribution >= 0.6 is 0 Å². The van der Waals surface area contributed by atoms with Crippen molar-refractivity contribution >= 4 is 22.7 Å². The first-order valence-electron chi connectivity index (χ1n) is 28.6. The number of hydrogen-bond acceptors (Lipinski definition) is 6. The Morgan fingerprint density at radius 2 is 0.767 bits per heavy atom. The van der Waals surface area contributed by atoms with E-state index in [2.05, 4.69) is 162 Å². The number of benzene rings is 4. The molecule has 4 aromatic carbocycles. The van der Waals surface area contributed by atoms with E-state index in [0.29, 0.717) is 47.3 Å². The van der Waals surface area contributed by atoms with Gasteiger partial charge in [-0.05, 0) is 0 Å². The SMILES string of the molecule is Cc1ccc(C23CC4CC(CC(O)(C4)C2)C3)c(N2CCN(c3c(C(C)C)cccc3C(C)C)[CH]2[Zr+2][CH]2N(c3cc(C)ccc3C34CC5CC(CC(O)(C5)C3)C4)CCN2c2c(C(C)C)cccc2C(C)C)c1.[Cl-].[Cl-]. The molecule has 2 saturated heterocycles. The molecule has 392 valence electrons. The summed E-state index contributed by atoms with van der Waals surface area (Å²) >= 11 is -1.61. The molecule has 0 amide bonds. The predicted octanol–water partition coefficient (Wildman–Crippen LogP) is 7.97. The van der Waals surface area contributed by atoms with E-state index in [4.69, 9.17) is 0 Å². The van der Waals surface area contributed by atoms with E-state index in [1.807, 2.05) is 0 Å². The maximum absolute atomic E-state index is 12.3. The third-order valence-corrected chi connectivity index (χ3v) is 24.6. The van der Waals surface area contributed by atoms with Crippen LogP contribution in [0, 0.1) is 37.5 Å². The van der Waals surface area contributed by atoms with E-state index in [1.165, 1.54) is 106 Å². The van der Waals surface area contributed by atoms with Gasteiger partial charge in [-0.1, -0.05) is 0 Å². The number of nitrogens with zero attached hydrogens (tertiary/aromatic N) is 4. The fraction of sp³-hybridized carbons (Fsp3) is 0.625. The summed E-state index contributed by atoms with van der Waals surface area (Å²) in [5.74, 6) is 4.12. The molecule has 8 aliphatic carbocycles. The van der Waals surface area contributed by atoms with Crippen molar-refractivity contribution in [1.82, 2.24) is 0 Å². The van der Waals surface area contributed by atoms with Crippen LogP contribution in [-0.2, 0) is 34.1 Å². The zero-order chi connectivity index (χ0) is 49.5. The molecule has 2 aliphatic heterocycles. The van der Waals surface area contributed by atoms with Gasteiger partial charge >= 0.3 is 443 Å². The molecule has 14 rings (SSSR count). The predicted molar refractivity (Wildman–Crippen MR) is 291 cm³/mol. The van der Waals surface area contributed by atoms with Crippen molar-refractivity contribution in [3.63, 3.8) is 0 Å². The van der Waals surface area contributed by atoms with E-state index >= 15 is 0 Å². The van der Waals surface area contributed by atoms with Crippen molar-refractivity contribution in [2.45, 2.75) is 200 Å². The van der Waals surface area contributed by atoms with Crippen LogP contribution in [0.3, 0.4) is 0 Å². The summed E-state index contributed by atoms with van der Waals surface area (Å²) in [6.07, 6.45) is 13.3. The number of halogens is 2. The molecule has 8 bridgehead atoms. The molecule has 0 spiro atoms. The molecule has 2 N–H and O–H groups in total. The zero-order valence-electron chi connectivity index (χ0n) is 46.0. The van der Waals surface area contributed by atoms with Gasteiger partial charge in [0.1, 0.15) is 0 Å². The average molecular weight is 1110 g/mol. The molecule has 10 fully saturated rings. The molecule has 73 heavy (non-hydrogen) atoms. The van der Waals surface area contributed by atoms with E-state index in [1.54, 1.807) is 0 Å². The minimum Gasteiger partial charge on any atom is -1.00 e. The summed E-state index contributed by atoms with van der Waals surface area (Å²) in [5, 5.41) is 24.6. The van der Waals surface area contributed by atoms with Gasteiger partial charge in [-0.2, -0.15) is 0 Å². The van der Waals surface area contributed by atoms with Gasteiger partial charge in [0.2, 0.25) is 0 Å². The molecule has 6 atom stereocenters. The number of rotatable bonds is 12. The standard InChI is InChI=1S/2C32H43N2O.2ClH.Zr/c2*1-21(2)26-7-6-8-27(22(3)4)30(26)34-12-11-33(20-34)29-13-23(5)9-10-28(29)31-15-24-14-25(16-31)18-32(35,17-24)19-31;;;/h2*6-10,13,20-22,24-25,35H,11-12,14-19H2,1-5H3;2*1H;/q;;;;+2/p-2. The average Bonchev–Trinajstić information content (AvgIpc) is 3.90. The molecule has 6 unspecified atom stereocenters. The second kappa shape index (κ2) is 19.7. The summed E-state index contributed by atoms with van der Waals surface area (Å²) in [7, 11) is 0. The molecule has 9 heteroatoms. The van der Waals surface area contributed by atoms with Crippen LogP contribution < -0.4 is 44.4 Å². The quantitative estimate of drug-likeness (QED) is 0.150. The number of aryl methyl sites for hydroxylation is 2. The Kier molecular flexibility index (Phi) is 14.6. The van der Waals surface area contributed by atoms with Gasteiger partial charge in [0.25, 0.3) is 0 Å². The molecule has 2 heterocycles. The minimum atomic E-state index is -1.61. The monoisotopic (exact) mass is 1100 g/mol. The molecule has 10 aliphatic rings. The first-order chi connectivity index (χ1) is 33.8. The van der Waals surface area contributed by atoms with Crippen LogP contribution in [0.5, 0.6) is 0 Å². The largest absolute Gasteiger partial charge is 1.00 e. The van der Waals surface area contributed by atoms with Crippen LogP contribution in [0.2, 0.25) is 0 Å². The van der Waals surface area contributed by atoms with E-state index in [-0.39, 0.29) is 43.4 Å². The zero-order valence-corrected chi connectivity index (χ0v) is 49.9. The Hall–Kier alpha value is -2.54. The number of aliphatic hydroxyl groups is 2. The maximum atomic E-state index is 12.3. The van der Waals surface area contributed by atoms with Crippen molar-refractivity contribution in [2.24, 2.45) is 23.7 Å². The Morgan fingerprint density at radius 1 is 0.452 bits per heavy atom. The summed E-state index contributed by atoms with van der Waals surface area (Å²) in [6.45, 7) is 28.0. The summed E-state index contributed by atoms with van der Waals surface area (Å²) in [5.41, 5.74) is 16.7. The van der Waals surface area contributed by atoms with E-state index in [9.17, 15) is 10.2 Å². The molecule has 0 radical (unpaired) electrons. The van der Waals surface area contributed by atoms with Gasteiger partial charge in [0.15, 0.2) is 0 Å². The normalized spacial score (nSPS) is 32.9. The third kappa shape index (κ3) is 9.19. The Balaban J connectivity index is 0.00000306. The van der Waals surface area contributed by atoms with Crippen LogP contribution in [0.25, 0.3) is 0 Å². The van der Waals surface area contributed by atoms with E-state index < -0.39 is 34.4 Å². The molecule has 6 nitrogen and oxygen atoms in total. The molecular weight excluding hydrogens is 1020 g/mol. The Bertz CT molecular complexity index is 2440. The fourth-order valence-corrected chi connectivity index (χ4v) is 23.1. The van der Waals surface area contributed by atoms with Gasteiger partial charge < -0.3 is 24.8 Å². The number of anilines is 4. The molecule has 4 aromatic rings. The molecular formula is C64H86Cl2N4O2Zr. The number of para-hydroxylation sites is 2. The Morgan fingerprint density at radius 3 is 1.07 bits per heavy atom. The minimum absolute atomic E-state index is 0. The van der Waals surface area contributed by atoms with Crippen LogP contribution in [-0.4, -0.2) is 55.3 Å². The summed E-state index contributed by atoms with van der Waals surface area (Å²) in [6, 6.07) is 29.6. The van der Waals surface area contributed by atoms with E-state index in [0.717, 1.165) is 64.7 Å². The smallest absolute Gasteiger partial charge is 1.00 e. The second-order valence-corrected chi connectivity index (χ2v) is 30.2. The van der Waals surface area contributed by atoms with Crippen LogP contribution in [0.15, 0.2) is 72.8 Å². The van der Waals surface area contributed by atoms with Crippen LogP contribution in [0.4, 0.5) is 22.7 Å². The first-order valence-corrected chi connectivity index (χ1v) is 31.4. The van der Waals surface area contributed by atoms with Gasteiger partial charge in [-0.25, -0.2) is 0 Å². The van der Waals surface area contributed by atoms with Crippen molar-refractivity contribution < 1.29 is 58.3 Å². The van der Waals surface area contributed by atoms with Gasteiger partial charge in [0, 0.05) is 0 Å². The van der Waals surface area contributed by atoms with Crippen molar-refractivity contribution in [2.75, 3.05) is 45.8 Å². The van der Waals surface area contributed by atoms with Gasteiger partial charge in [0.05, 0.1) is 0 Å². The molecule has 8 saturated carbocycles. The fourth-order valence-electron chi connectivity index (χ4n) is 18.1. The van der Waals surface area contributed by atoms with Gasteiger partial charge in [-0.3, -0.25) is 0 Å². The maximum Gasteiger partial charge on any atom is -1.00 e. The summed E-state index contributed by atoms with van der Waals surface area (Å²) in [4.78, 5) is 11.9. The van der Waals surface area contributed by atoms with Crippen molar-refractivity contribution in [3.8, 4) is 0 Å². The third-order valence-electron chi connectivity index (χ3n) is 20.0. The topological polar surface area (TPSA) is 53.4 Å².